The summed E-state index contributed by atoms with van der Waals surface area (Å²) in [5.74, 6) is -0.274. The Balaban J connectivity index is 2.20. The summed E-state index contributed by atoms with van der Waals surface area (Å²) >= 11 is 6.26. The highest BCUT2D eigenvalue weighted by atomic mass is 35.5. The number of benzene rings is 1. The highest BCUT2D eigenvalue weighted by molar-refractivity contribution is 7.89. The van der Waals surface area contributed by atoms with Crippen LogP contribution in [0.1, 0.15) is 30.6 Å². The molecule has 10 heteroatoms. The molecule has 1 aliphatic rings. The van der Waals surface area contributed by atoms with Crippen LogP contribution in [0.5, 0.6) is 0 Å². The molecule has 1 heterocycles. The maximum atomic E-state index is 13.1. The van der Waals surface area contributed by atoms with Crippen LogP contribution in [0.15, 0.2) is 23.1 Å². The largest absolute Gasteiger partial charge is 0.348 e. The molecule has 1 aromatic rings. The van der Waals surface area contributed by atoms with E-state index in [1.807, 2.05) is 4.90 Å². The summed E-state index contributed by atoms with van der Waals surface area (Å²) in [5, 5.41) is 0.224. The monoisotopic (exact) mass is 458 g/mol. The third-order valence-corrected chi connectivity index (χ3v) is 7.62. The van der Waals surface area contributed by atoms with Crippen molar-refractivity contribution in [3.8, 4) is 0 Å². The lowest BCUT2D eigenvalue weighted by Gasteiger charge is -2.23. The topological polar surface area (TPSA) is 81.2 Å². The van der Waals surface area contributed by atoms with Gasteiger partial charge in [0.15, 0.2) is 0 Å². The predicted octanol–water partition coefficient (Wildman–Crippen LogP) is 1.61. The molecule has 0 saturated carbocycles. The molecule has 8 nitrogen and oxygen atoms in total. The molecule has 1 saturated heterocycles. The van der Waals surface area contributed by atoms with Gasteiger partial charge >= 0.3 is 0 Å². The molecule has 0 radical (unpaired) electrons. The first-order valence-electron chi connectivity index (χ1n) is 10.1. The lowest BCUT2D eigenvalue weighted by Crippen LogP contribution is -2.39. The van der Waals surface area contributed by atoms with E-state index in [0.29, 0.717) is 45.8 Å². The van der Waals surface area contributed by atoms with Crippen molar-refractivity contribution in [1.29, 1.82) is 0 Å². The van der Waals surface area contributed by atoms with Crippen molar-refractivity contribution >= 4 is 33.4 Å². The number of carbonyl (C=O) groups is 2. The van der Waals surface area contributed by atoms with Gasteiger partial charge < -0.3 is 9.80 Å². The molecule has 1 aromatic carbocycles. The molecule has 1 fully saturated rings. The molecular weight excluding hydrogens is 428 g/mol. The van der Waals surface area contributed by atoms with Gasteiger partial charge in [0.05, 0.1) is 22.0 Å². The van der Waals surface area contributed by atoms with Crippen molar-refractivity contribution in [1.82, 2.24) is 19.0 Å². The van der Waals surface area contributed by atoms with Gasteiger partial charge in [0.25, 0.3) is 5.91 Å². The Labute approximate surface area is 184 Å². The molecule has 0 aromatic heterocycles. The average molecular weight is 459 g/mol. The SMILES string of the molecule is CCN(CC)S(=O)(=O)c1ccc(Cl)c(C(=O)N2CCCN(CC(=O)N(C)C)CC2)c1. The zero-order valence-electron chi connectivity index (χ0n) is 18.1. The second-order valence-electron chi connectivity index (χ2n) is 7.44. The smallest absolute Gasteiger partial charge is 0.255 e. The Morgan fingerprint density at radius 3 is 2.33 bits per heavy atom. The number of rotatable bonds is 7. The standard InChI is InChI=1S/C20H31ClN4O4S/c1-5-25(6-2)30(28,29)16-8-9-18(21)17(14-16)20(27)24-11-7-10-23(12-13-24)15-19(26)22(3)4/h8-9,14H,5-7,10-13,15H2,1-4H3. The van der Waals surface area contributed by atoms with E-state index in [1.165, 1.54) is 22.5 Å². The van der Waals surface area contributed by atoms with Crippen LogP contribution in [-0.2, 0) is 14.8 Å². The van der Waals surface area contributed by atoms with Gasteiger partial charge in [0, 0.05) is 53.4 Å². The maximum absolute atomic E-state index is 13.1. The quantitative estimate of drug-likeness (QED) is 0.620. The summed E-state index contributed by atoms with van der Waals surface area (Å²) < 4.78 is 27.0. The van der Waals surface area contributed by atoms with Gasteiger partial charge in [-0.25, -0.2) is 8.42 Å². The Morgan fingerprint density at radius 2 is 1.73 bits per heavy atom. The third kappa shape index (κ3) is 5.72. The highest BCUT2D eigenvalue weighted by Crippen LogP contribution is 2.24. The van der Waals surface area contributed by atoms with Crippen LogP contribution in [0.4, 0.5) is 0 Å². The number of carbonyl (C=O) groups excluding carboxylic acids is 2. The van der Waals surface area contributed by atoms with Gasteiger partial charge in [0.2, 0.25) is 15.9 Å². The first-order valence-corrected chi connectivity index (χ1v) is 11.9. The van der Waals surface area contributed by atoms with Crippen LogP contribution in [-0.4, -0.2) is 99.1 Å². The molecular formula is C20H31ClN4O4S. The minimum Gasteiger partial charge on any atom is -0.348 e. The van der Waals surface area contributed by atoms with Crippen LogP contribution in [0.25, 0.3) is 0 Å². The Hall–Kier alpha value is -1.68. The second-order valence-corrected chi connectivity index (χ2v) is 9.79. The number of halogens is 1. The van der Waals surface area contributed by atoms with Crippen LogP contribution in [0.2, 0.25) is 5.02 Å². The zero-order chi connectivity index (χ0) is 22.5. The molecule has 168 valence electrons. The molecule has 0 aliphatic carbocycles. The fourth-order valence-electron chi connectivity index (χ4n) is 3.38. The van der Waals surface area contributed by atoms with Crippen LogP contribution < -0.4 is 0 Å². The molecule has 2 amide bonds. The van der Waals surface area contributed by atoms with Crippen LogP contribution >= 0.6 is 11.6 Å². The molecule has 2 rings (SSSR count). The van der Waals surface area contributed by atoms with Crippen molar-refractivity contribution in [2.45, 2.75) is 25.2 Å². The number of amides is 2. The van der Waals surface area contributed by atoms with E-state index in [9.17, 15) is 18.0 Å². The zero-order valence-corrected chi connectivity index (χ0v) is 19.7. The number of nitrogens with zero attached hydrogens (tertiary/aromatic N) is 4. The number of sulfonamides is 1. The first kappa shape index (κ1) is 24.6. The summed E-state index contributed by atoms with van der Waals surface area (Å²) in [7, 11) is -0.250. The van der Waals surface area contributed by atoms with Crippen molar-refractivity contribution in [3.05, 3.63) is 28.8 Å². The molecule has 0 N–H and O–H groups in total. The lowest BCUT2D eigenvalue weighted by molar-refractivity contribution is -0.129. The van der Waals surface area contributed by atoms with E-state index < -0.39 is 10.0 Å². The molecule has 0 spiro atoms. The van der Waals surface area contributed by atoms with Crippen molar-refractivity contribution in [2.24, 2.45) is 0 Å². The third-order valence-electron chi connectivity index (χ3n) is 5.24. The van der Waals surface area contributed by atoms with Crippen LogP contribution in [0, 0.1) is 0 Å². The maximum Gasteiger partial charge on any atom is 0.255 e. The number of hydrogen-bond donors (Lipinski definition) is 0. The van der Waals surface area contributed by atoms with Gasteiger partial charge in [-0.3, -0.25) is 14.5 Å². The first-order chi connectivity index (χ1) is 14.1. The molecule has 0 atom stereocenters. The van der Waals surface area contributed by atoms with Crippen molar-refractivity contribution in [2.75, 3.05) is 59.9 Å². The molecule has 1 aliphatic heterocycles. The van der Waals surface area contributed by atoms with Gasteiger partial charge in [-0.2, -0.15) is 4.31 Å². The minimum absolute atomic E-state index is 0.0205. The van der Waals surface area contributed by atoms with E-state index in [4.69, 9.17) is 11.6 Å². The summed E-state index contributed by atoms with van der Waals surface area (Å²) in [6, 6.07) is 4.27. The van der Waals surface area contributed by atoms with Gasteiger partial charge in [-0.15, -0.1) is 0 Å². The van der Waals surface area contributed by atoms with E-state index in [-0.39, 0.29) is 27.3 Å². The Morgan fingerprint density at radius 1 is 1.07 bits per heavy atom. The summed E-state index contributed by atoms with van der Waals surface area (Å²) in [5.41, 5.74) is 0.183. The minimum atomic E-state index is -3.69. The number of likely N-dealkylation sites (N-methyl/N-ethyl adjacent to an activating group) is 1. The van der Waals surface area contributed by atoms with Gasteiger partial charge in [-0.1, -0.05) is 25.4 Å². The van der Waals surface area contributed by atoms with Gasteiger partial charge in [0.1, 0.15) is 0 Å². The molecule has 0 bridgehead atoms. The molecule has 30 heavy (non-hydrogen) atoms. The van der Waals surface area contributed by atoms with E-state index in [1.54, 1.807) is 37.7 Å². The average Bonchev–Trinajstić information content (AvgIpc) is 2.94. The van der Waals surface area contributed by atoms with Crippen molar-refractivity contribution < 1.29 is 18.0 Å². The Kier molecular flexibility index (Phi) is 8.66. The van der Waals surface area contributed by atoms with Crippen molar-refractivity contribution in [3.63, 3.8) is 0 Å². The van der Waals surface area contributed by atoms with E-state index in [2.05, 4.69) is 0 Å². The second kappa shape index (κ2) is 10.6. The lowest BCUT2D eigenvalue weighted by atomic mass is 10.2. The molecule has 0 unspecified atom stereocenters. The predicted molar refractivity (Wildman–Crippen MR) is 117 cm³/mol. The highest BCUT2D eigenvalue weighted by Gasteiger charge is 2.27. The Bertz CT molecular complexity index is 872. The van der Waals surface area contributed by atoms with Crippen LogP contribution in [0.3, 0.4) is 0 Å². The fraction of sp³-hybridized carbons (Fsp3) is 0.600. The normalized spacial score (nSPS) is 15.9. The summed E-state index contributed by atoms with van der Waals surface area (Å²) in [4.78, 5) is 30.4. The summed E-state index contributed by atoms with van der Waals surface area (Å²) in [6.07, 6.45) is 0.724. The van der Waals surface area contributed by atoms with E-state index >= 15 is 0 Å². The number of hydrogen-bond acceptors (Lipinski definition) is 5. The van der Waals surface area contributed by atoms with Gasteiger partial charge in [-0.05, 0) is 24.6 Å². The summed E-state index contributed by atoms with van der Waals surface area (Å²) in [6.45, 7) is 6.80. The van der Waals surface area contributed by atoms with E-state index in [0.717, 1.165) is 6.42 Å². The fourth-order valence-corrected chi connectivity index (χ4v) is 5.06.